The van der Waals surface area contributed by atoms with Crippen LogP contribution in [0.4, 0.5) is 15.3 Å². The van der Waals surface area contributed by atoms with E-state index in [1.807, 2.05) is 66.8 Å². The monoisotopic (exact) mass is 2040 g/mol. The number of carbonyl (C=O) groups is 11. The number of benzene rings is 3. The number of nitrogens with zero attached hydrogens (tertiary/aromatic N) is 1. The molecule has 8 aliphatic rings. The second-order valence-corrected chi connectivity index (χ2v) is 38.4. The van der Waals surface area contributed by atoms with Crippen LogP contribution < -0.4 is 56.9 Å². The number of thioether (sulfide) groups is 1. The van der Waals surface area contributed by atoms with Crippen LogP contribution in [0, 0.1) is 34.2 Å². The van der Waals surface area contributed by atoms with Crippen molar-refractivity contribution < 1.29 is 144 Å². The third-order valence-corrected chi connectivity index (χ3v) is 28.8. The normalized spacial score (nSPS) is 27.9. The maximum Gasteiger partial charge on any atom is 0.411 e. The molecule has 11 rings (SSSR count). The lowest BCUT2D eigenvalue weighted by molar-refractivity contribution is -0.336. The topological polar surface area (TPSA) is 510 Å². The van der Waals surface area contributed by atoms with Crippen LogP contribution in [0.3, 0.4) is 0 Å². The largest absolute Gasteiger partial charge is 0.492 e. The highest BCUT2D eigenvalue weighted by Gasteiger charge is 2.59. The molecule has 728 valence electrons. The van der Waals surface area contributed by atoms with Crippen LogP contribution in [-0.2, 0) is 108 Å². The van der Waals surface area contributed by atoms with Crippen molar-refractivity contribution in [2.75, 3.05) is 72.9 Å². The van der Waals surface area contributed by atoms with Gasteiger partial charge < -0.3 is 119 Å². The number of Topliss-reactive ketones (excluding diaryl/α,β-unsaturated/α-hetero) is 1. The zero-order valence-corrected chi connectivity index (χ0v) is 80.5. The number of halogens is 1. The molecule has 134 heavy (non-hydrogen) atoms. The molecule has 0 aromatic heterocycles. The Kier molecular flexibility index (Phi) is 38.5. The molecule has 3 aromatic rings. The number of fused-ring (bicyclic) bond motifs is 3. The summed E-state index contributed by atoms with van der Waals surface area (Å²) in [5.74, 6) is 8.05. The first kappa shape index (κ1) is 105. The molecule has 43 heteroatoms. The molecule has 5 fully saturated rings. The standard InChI is InChI=1S/C91H114IN9O30S3/c1-47-68(75(118-9)79(120-11)76(70(47)92)128-85-74(110)77(119-10)80-87(129-80)130-85)84(113)133-81-50(4)124-67(42-58(81)103)131-100-71-49(3)125-86(78(73(71)109)127-66-43-61(117-8)57(46-122-66)96-51(5)102)126-60-25-19-13-14-21-35-91(116)44-59(104)72(99-89(115)121-12)69(60)55(91)34-40-132-134-90(6,7)36-33-62(105)93-37-38-94-88(114)123-45-53-27-29-54(30-28-53)97-82(111)48(2)95-83(112)56(41-52-23-17-15-18-24-52)98-63(106)26-20-16-22-39-101-64(107)31-32-65(101)108/h13-15,17-18,23-24,27-32,34,48-50,56-58,60-61,66-67,71,73-74,77-78,80-81,85-87,100,103,109-110,116H,16,20,22,26,33,36-46H2,1-12H3,(H,93,105)(H,94,114)(H,95,112)(H,96,102)(H,97,111)(H,98,106)(H,99,115)/b14-13-,55-34+/t48-,49?,50?,56-,57?,58?,60-,61?,66?,67?,71?,73?,74?,77?,78?,80?,81?,85?,86?,87?,91-/m0/s1. The molecule has 0 saturated carbocycles. The molecular formula is C91H114IN9O30S3. The Bertz CT molecular complexity index is 4980. The van der Waals surface area contributed by atoms with E-state index in [9.17, 15) is 73.2 Å². The first-order valence-corrected chi connectivity index (χ1v) is 47.8. The Labute approximate surface area is 800 Å². The zero-order chi connectivity index (χ0) is 96.8. The number of ether oxygens (including phenoxy) is 14. The highest BCUT2D eigenvalue weighted by atomic mass is 127. The Hall–Kier alpha value is -9.31. The number of allylic oxidation sites excluding steroid dienone is 3. The van der Waals surface area contributed by atoms with Crippen molar-refractivity contribution in [1.82, 2.24) is 42.3 Å². The first-order valence-electron chi connectivity index (χ1n) is 43.5. The maximum absolute atomic E-state index is 14.6. The van der Waals surface area contributed by atoms with E-state index in [1.54, 1.807) is 51.1 Å². The molecule has 6 aliphatic heterocycles. The number of carbonyl (C=O) groups excluding carboxylic acids is 11. The van der Waals surface area contributed by atoms with Gasteiger partial charge >= 0.3 is 12.2 Å². The average Bonchev–Trinajstić information content (AvgIpc) is 0.845. The molecule has 21 atom stereocenters. The molecule has 5 saturated heterocycles. The number of unbranched alkanes of at least 4 members (excludes halogenated alkanes) is 2. The van der Waals surface area contributed by atoms with E-state index in [0.717, 1.165) is 29.3 Å². The number of hydroxylamine groups is 1. The molecule has 2 bridgehead atoms. The predicted octanol–water partition coefficient (Wildman–Crippen LogP) is 4.68. The van der Waals surface area contributed by atoms with Crippen LogP contribution >= 0.6 is 55.9 Å². The van der Waals surface area contributed by atoms with E-state index in [2.05, 4.69) is 66.4 Å². The van der Waals surface area contributed by atoms with E-state index < -0.39 is 174 Å². The van der Waals surface area contributed by atoms with Crippen LogP contribution in [0.25, 0.3) is 0 Å². The van der Waals surface area contributed by atoms with Gasteiger partial charge in [0.2, 0.25) is 46.7 Å². The summed E-state index contributed by atoms with van der Waals surface area (Å²) in [7, 11) is 9.43. The van der Waals surface area contributed by atoms with Gasteiger partial charge in [-0.25, -0.2) is 9.59 Å². The Morgan fingerprint density at radius 1 is 0.754 bits per heavy atom. The van der Waals surface area contributed by atoms with E-state index >= 15 is 0 Å². The number of rotatable bonds is 42. The molecule has 12 N–H and O–H groups in total. The number of epoxide rings is 1. The minimum atomic E-state index is -2.25. The summed E-state index contributed by atoms with van der Waals surface area (Å²) >= 11 is 2.80. The number of hydrogen-bond donors (Lipinski definition) is 12. The minimum Gasteiger partial charge on any atom is -0.492 e. The van der Waals surface area contributed by atoms with Gasteiger partial charge in [0.25, 0.3) is 11.8 Å². The summed E-state index contributed by atoms with van der Waals surface area (Å²) < 4.78 is 83.3. The minimum absolute atomic E-state index is 0.00483. The highest BCUT2D eigenvalue weighted by Crippen LogP contribution is 2.50. The lowest BCUT2D eigenvalue weighted by Gasteiger charge is -2.46. The number of ketones is 1. The lowest BCUT2D eigenvalue weighted by atomic mass is 9.75. The van der Waals surface area contributed by atoms with Gasteiger partial charge in [0.15, 0.2) is 48.0 Å². The van der Waals surface area contributed by atoms with Crippen molar-refractivity contribution >= 4 is 126 Å². The molecule has 3 aromatic carbocycles. The molecule has 6 heterocycles. The average molecular weight is 2040 g/mol. The highest BCUT2D eigenvalue weighted by molar-refractivity contribution is 14.1. The predicted molar refractivity (Wildman–Crippen MR) is 493 cm³/mol. The molecule has 39 nitrogen and oxygen atoms in total. The summed E-state index contributed by atoms with van der Waals surface area (Å²) in [6.45, 7) is 11.7. The first-order chi connectivity index (χ1) is 64.0. The van der Waals surface area contributed by atoms with Gasteiger partial charge in [0.1, 0.15) is 55.3 Å². The number of nitrogens with one attached hydrogen (secondary N) is 8. The van der Waals surface area contributed by atoms with Crippen LogP contribution in [0.2, 0.25) is 0 Å². The van der Waals surface area contributed by atoms with Crippen molar-refractivity contribution in [3.8, 4) is 40.9 Å². The number of alkyl carbamates (subject to hydrolysis) is 2. The molecule has 17 unspecified atom stereocenters. The van der Waals surface area contributed by atoms with Gasteiger partial charge in [-0.3, -0.25) is 58.2 Å². The number of aliphatic hydroxyl groups is 4. The van der Waals surface area contributed by atoms with Crippen LogP contribution in [0.15, 0.2) is 102 Å². The van der Waals surface area contributed by atoms with Crippen molar-refractivity contribution in [2.24, 2.45) is 0 Å². The second-order valence-electron chi connectivity index (χ2n) is 33.1. The number of hydrogen-bond acceptors (Lipinski definition) is 34. The Balaban J connectivity index is 0.675. The number of imide groups is 1. The number of anilines is 1. The summed E-state index contributed by atoms with van der Waals surface area (Å²) in [5, 5.41) is 66.1. The van der Waals surface area contributed by atoms with Gasteiger partial charge in [0.05, 0.1) is 90.9 Å². The number of amides is 9. The van der Waals surface area contributed by atoms with Crippen molar-refractivity contribution in [3.63, 3.8) is 0 Å². The van der Waals surface area contributed by atoms with E-state index in [-0.39, 0.29) is 140 Å². The van der Waals surface area contributed by atoms with Gasteiger partial charge in [-0.05, 0) is 124 Å². The van der Waals surface area contributed by atoms with E-state index in [0.29, 0.717) is 46.1 Å². The third kappa shape index (κ3) is 28.0. The molecule has 0 radical (unpaired) electrons. The fraction of sp³-hybridized carbons (Fsp3) is 0.549. The number of aliphatic hydroxyl groups excluding tert-OH is 3. The summed E-state index contributed by atoms with van der Waals surface area (Å²) in [6.07, 6.45) is -10.9. The van der Waals surface area contributed by atoms with Crippen molar-refractivity contribution in [3.05, 3.63) is 128 Å². The molecule has 2 aliphatic carbocycles. The maximum atomic E-state index is 14.6. The van der Waals surface area contributed by atoms with Crippen LogP contribution in [0.1, 0.15) is 126 Å². The fourth-order valence-electron chi connectivity index (χ4n) is 15.7. The van der Waals surface area contributed by atoms with Crippen molar-refractivity contribution in [1.29, 1.82) is 0 Å². The molecule has 9 amide bonds. The molecular weight excluding hydrogens is 1920 g/mol. The Morgan fingerprint density at radius 2 is 1.48 bits per heavy atom. The lowest BCUT2D eigenvalue weighted by Crippen LogP contribution is -2.65. The smallest absolute Gasteiger partial charge is 0.411 e. The second kappa shape index (κ2) is 49.1. The quantitative estimate of drug-likeness (QED) is 0.00697. The SMILES string of the molecule is COC(=O)NC1=C2/C(=C\CSSC(C)(C)CCC(=O)NCCNC(=O)OCc3ccc(NC(=O)[C@H](C)NC(=O)[C@H](Cc4ccccc4)NC(=O)CCCCCN4C(=O)C=CC4=O)cc3)[C@](O)(C#C/C=C\C#C[C@@H]2OC2OC(C)C(NOC3CC(O)C(SC(=O)c4c(C)c(I)c(OC5OC6OC6C(OC)C5O)c(OC)c4OC)C(C)O3)C(O)C2OC2CC(OC)C(NC(C)=O)CO2)CC1=O. The number of methoxy groups -OCH3 is 5. The summed E-state index contributed by atoms with van der Waals surface area (Å²) in [5.41, 5.74) is 2.39. The third-order valence-electron chi connectivity index (χ3n) is 22.9. The zero-order valence-electron chi connectivity index (χ0n) is 75.9. The van der Waals surface area contributed by atoms with Crippen LogP contribution in [-0.4, -0.2) is 290 Å². The summed E-state index contributed by atoms with van der Waals surface area (Å²) in [4.78, 5) is 152. The fourth-order valence-corrected chi connectivity index (χ4v) is 19.9. The van der Waals surface area contributed by atoms with Gasteiger partial charge in [-0.1, -0.05) is 112 Å². The van der Waals surface area contributed by atoms with Gasteiger partial charge in [-0.2, -0.15) is 5.48 Å². The Morgan fingerprint density at radius 3 is 2.17 bits per heavy atom. The van der Waals surface area contributed by atoms with Crippen LogP contribution in [0.5, 0.6) is 17.2 Å². The molecule has 0 spiro atoms. The summed E-state index contributed by atoms with van der Waals surface area (Å²) in [6, 6.07) is 11.7. The van der Waals surface area contributed by atoms with Crippen molar-refractivity contribution in [2.45, 2.75) is 252 Å². The van der Waals surface area contributed by atoms with Gasteiger partial charge in [-0.15, -0.1) is 0 Å². The van der Waals surface area contributed by atoms with E-state index in [4.69, 9.17) is 71.2 Å². The van der Waals surface area contributed by atoms with E-state index in [1.165, 1.54) is 88.2 Å². The van der Waals surface area contributed by atoms with Gasteiger partial charge in [0, 0.05) is 112 Å².